The molecule has 1 aromatic carbocycles. The molecule has 1 atom stereocenters. The van der Waals surface area contributed by atoms with Crippen LogP contribution >= 0.6 is 22.9 Å². The Balaban J connectivity index is 1.52. The predicted molar refractivity (Wildman–Crippen MR) is 132 cm³/mol. The van der Waals surface area contributed by atoms with Gasteiger partial charge in [-0.25, -0.2) is 9.97 Å². The minimum Gasteiger partial charge on any atom is -0.481 e. The number of halogens is 1. The molecule has 1 N–H and O–H groups in total. The van der Waals surface area contributed by atoms with Crippen LogP contribution in [0.1, 0.15) is 36.0 Å². The fourth-order valence-corrected chi connectivity index (χ4v) is 4.64. The first-order chi connectivity index (χ1) is 15.9. The van der Waals surface area contributed by atoms with Gasteiger partial charge in [0.2, 0.25) is 5.88 Å². The number of carboxylic acids is 1. The number of aliphatic carboxylic acids is 1. The van der Waals surface area contributed by atoms with Crippen LogP contribution in [0.3, 0.4) is 0 Å². The molecule has 33 heavy (non-hydrogen) atoms. The topological polar surface area (TPSA) is 72.3 Å². The summed E-state index contributed by atoms with van der Waals surface area (Å²) in [4.78, 5) is 19.9. The van der Waals surface area contributed by atoms with Crippen LogP contribution in [-0.2, 0) is 11.4 Å². The predicted octanol–water partition coefficient (Wildman–Crippen LogP) is 6.48. The maximum absolute atomic E-state index is 11.1. The van der Waals surface area contributed by atoms with Crippen LogP contribution in [-0.4, -0.2) is 21.0 Å². The highest BCUT2D eigenvalue weighted by Gasteiger charge is 2.14. The minimum atomic E-state index is -0.894. The van der Waals surface area contributed by atoms with Crippen LogP contribution < -0.4 is 4.74 Å². The van der Waals surface area contributed by atoms with Gasteiger partial charge in [0.05, 0.1) is 18.0 Å². The molecule has 0 aliphatic heterocycles. The Morgan fingerprint density at radius 3 is 2.82 bits per heavy atom. The number of benzene rings is 1. The normalized spacial score (nSPS) is 11.6. The van der Waals surface area contributed by atoms with Crippen molar-refractivity contribution in [3.63, 3.8) is 0 Å². The van der Waals surface area contributed by atoms with Crippen molar-refractivity contribution in [1.82, 2.24) is 9.97 Å². The lowest BCUT2D eigenvalue weighted by Gasteiger charge is -2.10. The highest BCUT2D eigenvalue weighted by atomic mass is 35.5. The molecular weight excluding hydrogens is 456 g/mol. The lowest BCUT2D eigenvalue weighted by atomic mass is 9.98. The van der Waals surface area contributed by atoms with Gasteiger partial charge in [-0.1, -0.05) is 35.7 Å². The molecule has 3 aromatic heterocycles. The maximum atomic E-state index is 11.1. The second-order valence-electron chi connectivity index (χ2n) is 7.54. The number of aryl methyl sites for hydroxylation is 1. The van der Waals surface area contributed by atoms with Crippen molar-refractivity contribution in [2.75, 3.05) is 0 Å². The van der Waals surface area contributed by atoms with Crippen LogP contribution in [0.4, 0.5) is 0 Å². The fraction of sp³-hybridized carbons (Fsp3) is 0.192. The van der Waals surface area contributed by atoms with Gasteiger partial charge >= 0.3 is 5.97 Å². The third kappa shape index (κ3) is 5.33. The lowest BCUT2D eigenvalue weighted by Crippen LogP contribution is -2.05. The molecule has 0 saturated heterocycles. The Morgan fingerprint density at radius 1 is 1.24 bits per heavy atom. The molecule has 0 bridgehead atoms. The van der Waals surface area contributed by atoms with Gasteiger partial charge in [-0.05, 0) is 48.7 Å². The number of pyridine rings is 2. The summed E-state index contributed by atoms with van der Waals surface area (Å²) in [7, 11) is 0. The number of hydrogen-bond acceptors (Lipinski definition) is 5. The van der Waals surface area contributed by atoms with Gasteiger partial charge < -0.3 is 9.84 Å². The molecule has 0 spiro atoms. The molecular formula is C26H21ClN2O3S. The van der Waals surface area contributed by atoms with Crippen LogP contribution in [0.25, 0.3) is 21.3 Å². The number of thiophene rings is 1. The summed E-state index contributed by atoms with van der Waals surface area (Å²) in [5.74, 6) is 4.89. The van der Waals surface area contributed by atoms with Crippen molar-refractivity contribution in [3.8, 4) is 29.0 Å². The summed E-state index contributed by atoms with van der Waals surface area (Å²) in [5.41, 5.74) is 4.77. The molecule has 0 saturated carbocycles. The number of hydrogen-bond donors (Lipinski definition) is 1. The third-order valence-corrected chi connectivity index (χ3v) is 6.38. The number of nitrogens with zero attached hydrogens (tertiary/aromatic N) is 2. The van der Waals surface area contributed by atoms with E-state index in [1.165, 1.54) is 4.70 Å². The van der Waals surface area contributed by atoms with E-state index in [0.717, 1.165) is 33.3 Å². The number of rotatable bonds is 7. The van der Waals surface area contributed by atoms with Crippen molar-refractivity contribution in [1.29, 1.82) is 0 Å². The van der Waals surface area contributed by atoms with E-state index in [0.29, 0.717) is 17.6 Å². The second-order valence-corrected chi connectivity index (χ2v) is 8.84. The zero-order valence-electron chi connectivity index (χ0n) is 18.1. The first-order valence-electron chi connectivity index (χ1n) is 10.3. The van der Waals surface area contributed by atoms with Crippen molar-refractivity contribution in [3.05, 3.63) is 75.9 Å². The van der Waals surface area contributed by atoms with E-state index in [4.69, 9.17) is 21.4 Å². The molecule has 7 heteroatoms. The van der Waals surface area contributed by atoms with Crippen molar-refractivity contribution in [2.24, 2.45) is 0 Å². The molecule has 0 fully saturated rings. The zero-order valence-corrected chi connectivity index (χ0v) is 19.7. The number of carboxylic acid groups (broad SMARTS) is 1. The highest BCUT2D eigenvalue weighted by molar-refractivity contribution is 7.17. The molecule has 0 aliphatic carbocycles. The van der Waals surface area contributed by atoms with Crippen molar-refractivity contribution in [2.45, 2.75) is 32.8 Å². The average molecular weight is 477 g/mol. The molecule has 0 unspecified atom stereocenters. The summed E-state index contributed by atoms with van der Waals surface area (Å²) < 4.78 is 7.05. The smallest absolute Gasteiger partial charge is 0.304 e. The Hall–Kier alpha value is -3.40. The summed E-state index contributed by atoms with van der Waals surface area (Å²) in [6.07, 6.45) is 1.56. The van der Waals surface area contributed by atoms with Crippen LogP contribution in [0.15, 0.2) is 54.0 Å². The zero-order chi connectivity index (χ0) is 23.4. The quantitative estimate of drug-likeness (QED) is 0.244. The van der Waals surface area contributed by atoms with E-state index < -0.39 is 11.9 Å². The number of ether oxygens (including phenoxy) is 1. The fourth-order valence-electron chi connectivity index (χ4n) is 3.57. The summed E-state index contributed by atoms with van der Waals surface area (Å²) in [6.45, 7) is 4.07. The Labute approximate surface area is 201 Å². The third-order valence-electron chi connectivity index (χ3n) is 5.20. The van der Waals surface area contributed by atoms with E-state index in [2.05, 4.69) is 39.3 Å². The number of aromatic nitrogens is 2. The van der Waals surface area contributed by atoms with E-state index in [9.17, 15) is 4.79 Å². The highest BCUT2D eigenvalue weighted by Crippen LogP contribution is 2.35. The Bertz CT molecular complexity index is 1370. The first-order valence-corrected chi connectivity index (χ1v) is 11.6. The standard InChI is InChI=1S/C26H21ClN2O3S/c1-3-4-18(12-25(30)31)19-7-10-24(28-13-19)32-14-17-6-8-22-20(11-17)21(15-33-22)26-16(2)5-9-23(27)29-26/h5-11,13,15,18H,12,14H2,1-2H3,(H,30,31)/t18-/m0/s1. The van der Waals surface area contributed by atoms with E-state index >= 15 is 0 Å². The molecule has 4 rings (SSSR count). The molecule has 3 heterocycles. The van der Waals surface area contributed by atoms with Gasteiger partial charge in [0.15, 0.2) is 0 Å². The Morgan fingerprint density at radius 2 is 2.09 bits per heavy atom. The molecule has 0 radical (unpaired) electrons. The second kappa shape index (κ2) is 10.0. The Kier molecular flexibility index (Phi) is 6.93. The lowest BCUT2D eigenvalue weighted by molar-refractivity contribution is -0.137. The minimum absolute atomic E-state index is 0.0628. The number of fused-ring (bicyclic) bond motifs is 1. The summed E-state index contributed by atoms with van der Waals surface area (Å²) in [5, 5.41) is 12.8. The molecule has 0 aliphatic rings. The van der Waals surface area contributed by atoms with Crippen LogP contribution in [0.2, 0.25) is 5.15 Å². The van der Waals surface area contributed by atoms with Gasteiger partial charge in [-0.15, -0.1) is 17.3 Å². The van der Waals surface area contributed by atoms with E-state index in [1.54, 1.807) is 36.6 Å². The summed E-state index contributed by atoms with van der Waals surface area (Å²) in [6, 6.07) is 13.6. The van der Waals surface area contributed by atoms with E-state index in [-0.39, 0.29) is 6.42 Å². The van der Waals surface area contributed by atoms with Gasteiger partial charge in [0.1, 0.15) is 11.8 Å². The van der Waals surface area contributed by atoms with Crippen molar-refractivity contribution < 1.29 is 14.6 Å². The maximum Gasteiger partial charge on any atom is 0.304 e. The molecule has 4 aromatic rings. The van der Waals surface area contributed by atoms with Crippen LogP contribution in [0, 0.1) is 18.8 Å². The SMILES string of the molecule is CC#C[C@@H](CC(=O)O)c1ccc(OCc2ccc3scc(-c4nc(Cl)ccc4C)c3c2)nc1. The summed E-state index contributed by atoms with van der Waals surface area (Å²) >= 11 is 7.81. The monoisotopic (exact) mass is 476 g/mol. The van der Waals surface area contributed by atoms with Crippen LogP contribution in [0.5, 0.6) is 5.88 Å². The first kappa shape index (κ1) is 22.8. The largest absolute Gasteiger partial charge is 0.481 e. The average Bonchev–Trinajstić information content (AvgIpc) is 3.22. The van der Waals surface area contributed by atoms with Crippen molar-refractivity contribution >= 4 is 39.0 Å². The molecule has 5 nitrogen and oxygen atoms in total. The van der Waals surface area contributed by atoms with Gasteiger partial charge in [0.25, 0.3) is 0 Å². The van der Waals surface area contributed by atoms with Gasteiger partial charge in [-0.2, -0.15) is 0 Å². The van der Waals surface area contributed by atoms with Gasteiger partial charge in [0, 0.05) is 33.3 Å². The molecule has 166 valence electrons. The van der Waals surface area contributed by atoms with E-state index in [1.807, 2.05) is 25.1 Å². The number of carbonyl (C=O) groups is 1. The molecule has 0 amide bonds. The van der Waals surface area contributed by atoms with Gasteiger partial charge in [-0.3, -0.25) is 4.79 Å².